The second-order valence-electron chi connectivity index (χ2n) is 2.36. The Hall–Kier alpha value is -0.340. The summed E-state index contributed by atoms with van der Waals surface area (Å²) < 4.78 is 0. The first-order valence-corrected chi connectivity index (χ1v) is 3.52. The molecule has 0 saturated heterocycles. The van der Waals surface area contributed by atoms with Crippen molar-refractivity contribution >= 4 is 0 Å². The molecule has 3 N–H and O–H groups in total. The summed E-state index contributed by atoms with van der Waals surface area (Å²) in [6.45, 7) is 2.97. The summed E-state index contributed by atoms with van der Waals surface area (Å²) in [5.74, 6) is 0. The van der Waals surface area contributed by atoms with Gasteiger partial charge in [-0.15, -0.1) is 0 Å². The van der Waals surface area contributed by atoms with Gasteiger partial charge in [-0.05, 0) is 25.9 Å². The quantitative estimate of drug-likeness (QED) is 0.521. The van der Waals surface area contributed by atoms with Crippen LogP contribution in [0.4, 0.5) is 0 Å². The molecule has 0 radical (unpaired) electrons. The number of hydrogen-bond donors (Lipinski definition) is 2. The van der Waals surface area contributed by atoms with Crippen LogP contribution in [0.2, 0.25) is 0 Å². The van der Waals surface area contributed by atoms with Gasteiger partial charge in [-0.3, -0.25) is 0 Å². The molecule has 1 aliphatic rings. The minimum Gasteiger partial charge on any atom is -0.330 e. The second-order valence-corrected chi connectivity index (χ2v) is 2.36. The fraction of sp³-hybridized carbons (Fsp3) is 0.714. The van der Waals surface area contributed by atoms with Crippen LogP contribution in [0.25, 0.3) is 0 Å². The Morgan fingerprint density at radius 2 is 2.56 bits per heavy atom. The van der Waals surface area contributed by atoms with Crippen LogP contribution in [0, 0.1) is 0 Å². The Labute approximate surface area is 56.1 Å². The minimum atomic E-state index is 0.797. The van der Waals surface area contributed by atoms with Gasteiger partial charge < -0.3 is 11.1 Å². The maximum absolute atomic E-state index is 5.40. The molecule has 0 unspecified atom stereocenters. The normalized spacial score (nSPS) is 19.4. The van der Waals surface area contributed by atoms with Gasteiger partial charge in [0.25, 0.3) is 0 Å². The lowest BCUT2D eigenvalue weighted by Gasteiger charge is -2.12. The van der Waals surface area contributed by atoms with E-state index >= 15 is 0 Å². The van der Waals surface area contributed by atoms with Gasteiger partial charge in [-0.2, -0.15) is 0 Å². The first kappa shape index (κ1) is 6.78. The fourth-order valence-electron chi connectivity index (χ4n) is 1.08. The van der Waals surface area contributed by atoms with Crippen LogP contribution < -0.4 is 11.1 Å². The highest BCUT2D eigenvalue weighted by atomic mass is 14.8. The molecule has 9 heavy (non-hydrogen) atoms. The highest BCUT2D eigenvalue weighted by molar-refractivity contribution is 5.06. The topological polar surface area (TPSA) is 38.0 Å². The molecule has 0 aromatic heterocycles. The Balaban J connectivity index is 2.28. The standard InChI is InChI=1S/C7H14N2/c8-4-1-7-2-5-9-6-3-7/h2,9H,1,3-6,8H2. The van der Waals surface area contributed by atoms with E-state index in [4.69, 9.17) is 5.73 Å². The van der Waals surface area contributed by atoms with E-state index in [2.05, 4.69) is 11.4 Å². The van der Waals surface area contributed by atoms with Gasteiger partial charge in [-0.1, -0.05) is 11.6 Å². The molecule has 0 atom stereocenters. The molecule has 1 aliphatic heterocycles. The largest absolute Gasteiger partial charge is 0.330 e. The predicted octanol–water partition coefficient (Wildman–Crippen LogP) is 0.255. The van der Waals surface area contributed by atoms with Crippen molar-refractivity contribution in [3.63, 3.8) is 0 Å². The summed E-state index contributed by atoms with van der Waals surface area (Å²) in [7, 11) is 0. The van der Waals surface area contributed by atoms with Crippen LogP contribution in [0.15, 0.2) is 11.6 Å². The molecule has 2 nitrogen and oxygen atoms in total. The van der Waals surface area contributed by atoms with Crippen molar-refractivity contribution in [1.82, 2.24) is 5.32 Å². The maximum Gasteiger partial charge on any atom is 0.0137 e. The molecule has 0 aromatic carbocycles. The molecule has 1 rings (SSSR count). The van der Waals surface area contributed by atoms with Crippen LogP contribution in [0.5, 0.6) is 0 Å². The van der Waals surface area contributed by atoms with E-state index in [0.717, 1.165) is 26.1 Å². The molecular weight excluding hydrogens is 112 g/mol. The summed E-state index contributed by atoms with van der Waals surface area (Å²) in [5, 5.41) is 3.26. The van der Waals surface area contributed by atoms with Gasteiger partial charge in [0.1, 0.15) is 0 Å². The van der Waals surface area contributed by atoms with Crippen LogP contribution in [-0.4, -0.2) is 19.6 Å². The van der Waals surface area contributed by atoms with Crippen molar-refractivity contribution in [1.29, 1.82) is 0 Å². The zero-order valence-electron chi connectivity index (χ0n) is 5.69. The van der Waals surface area contributed by atoms with Crippen molar-refractivity contribution in [2.75, 3.05) is 19.6 Å². The average molecular weight is 126 g/mol. The number of rotatable bonds is 2. The summed E-state index contributed by atoms with van der Waals surface area (Å²) in [6.07, 6.45) is 4.52. The van der Waals surface area contributed by atoms with Gasteiger partial charge >= 0.3 is 0 Å². The lowest BCUT2D eigenvalue weighted by atomic mass is 10.1. The Morgan fingerprint density at radius 1 is 1.67 bits per heavy atom. The Kier molecular flexibility index (Phi) is 2.74. The Morgan fingerprint density at radius 3 is 3.11 bits per heavy atom. The molecule has 0 spiro atoms. The molecule has 0 fully saturated rings. The third kappa shape index (κ3) is 2.16. The SMILES string of the molecule is NCCC1=CCNCC1. The maximum atomic E-state index is 5.40. The predicted molar refractivity (Wildman–Crippen MR) is 39.2 cm³/mol. The lowest BCUT2D eigenvalue weighted by Crippen LogP contribution is -2.21. The molecule has 1 heterocycles. The van der Waals surface area contributed by atoms with Crippen LogP contribution >= 0.6 is 0 Å². The van der Waals surface area contributed by atoms with Crippen molar-refractivity contribution < 1.29 is 0 Å². The van der Waals surface area contributed by atoms with Crippen LogP contribution in [-0.2, 0) is 0 Å². The second kappa shape index (κ2) is 3.64. The van der Waals surface area contributed by atoms with E-state index < -0.39 is 0 Å². The van der Waals surface area contributed by atoms with E-state index in [0.29, 0.717) is 0 Å². The average Bonchev–Trinajstić information content (AvgIpc) is 1.91. The van der Waals surface area contributed by atoms with Gasteiger partial charge in [0.2, 0.25) is 0 Å². The van der Waals surface area contributed by atoms with Crippen molar-refractivity contribution in [2.45, 2.75) is 12.8 Å². The highest BCUT2D eigenvalue weighted by Crippen LogP contribution is 2.06. The summed E-state index contributed by atoms with van der Waals surface area (Å²) in [4.78, 5) is 0. The van der Waals surface area contributed by atoms with Crippen molar-refractivity contribution in [3.05, 3.63) is 11.6 Å². The van der Waals surface area contributed by atoms with Gasteiger partial charge in [-0.25, -0.2) is 0 Å². The third-order valence-corrected chi connectivity index (χ3v) is 1.62. The molecule has 0 aromatic rings. The monoisotopic (exact) mass is 126 g/mol. The van der Waals surface area contributed by atoms with E-state index in [1.807, 2.05) is 0 Å². The smallest absolute Gasteiger partial charge is 0.0137 e. The van der Waals surface area contributed by atoms with E-state index in [9.17, 15) is 0 Å². The molecule has 52 valence electrons. The van der Waals surface area contributed by atoms with E-state index in [1.54, 1.807) is 0 Å². The molecule has 0 aliphatic carbocycles. The summed E-state index contributed by atoms with van der Waals surface area (Å²) in [6, 6.07) is 0. The third-order valence-electron chi connectivity index (χ3n) is 1.62. The fourth-order valence-corrected chi connectivity index (χ4v) is 1.08. The number of nitrogens with two attached hydrogens (primary N) is 1. The highest BCUT2D eigenvalue weighted by Gasteiger charge is 1.99. The lowest BCUT2D eigenvalue weighted by molar-refractivity contribution is 0.680. The summed E-state index contributed by atoms with van der Waals surface area (Å²) >= 11 is 0. The zero-order chi connectivity index (χ0) is 6.53. The van der Waals surface area contributed by atoms with Gasteiger partial charge in [0.05, 0.1) is 0 Å². The van der Waals surface area contributed by atoms with Crippen LogP contribution in [0.3, 0.4) is 0 Å². The molecular formula is C7H14N2. The van der Waals surface area contributed by atoms with Crippen LogP contribution in [0.1, 0.15) is 12.8 Å². The minimum absolute atomic E-state index is 0.797. The first-order valence-electron chi connectivity index (χ1n) is 3.52. The zero-order valence-corrected chi connectivity index (χ0v) is 5.69. The van der Waals surface area contributed by atoms with Gasteiger partial charge in [0.15, 0.2) is 0 Å². The molecule has 0 saturated carbocycles. The number of nitrogens with one attached hydrogen (secondary N) is 1. The van der Waals surface area contributed by atoms with E-state index in [1.165, 1.54) is 12.0 Å². The molecule has 0 amide bonds. The molecule has 0 bridgehead atoms. The molecule has 2 heteroatoms. The Bertz CT molecular complexity index is 107. The van der Waals surface area contributed by atoms with Gasteiger partial charge in [0, 0.05) is 6.54 Å². The number of hydrogen-bond acceptors (Lipinski definition) is 2. The summed E-state index contributed by atoms with van der Waals surface area (Å²) in [5.41, 5.74) is 6.92. The first-order chi connectivity index (χ1) is 4.43. The van der Waals surface area contributed by atoms with Crippen molar-refractivity contribution in [3.8, 4) is 0 Å². The van der Waals surface area contributed by atoms with E-state index in [-0.39, 0.29) is 0 Å². The van der Waals surface area contributed by atoms with Crippen molar-refractivity contribution in [2.24, 2.45) is 5.73 Å².